The van der Waals surface area contributed by atoms with Gasteiger partial charge in [0.05, 0.1) is 25.0 Å². The van der Waals surface area contributed by atoms with Crippen molar-refractivity contribution < 1.29 is 14.3 Å². The lowest BCUT2D eigenvalue weighted by molar-refractivity contribution is -0.148. The summed E-state index contributed by atoms with van der Waals surface area (Å²) in [5.41, 5.74) is 1.98. The molecule has 1 amide bonds. The van der Waals surface area contributed by atoms with Crippen LogP contribution in [0, 0.1) is 29.6 Å². The third-order valence-electron chi connectivity index (χ3n) is 3.17. The molecule has 1 aromatic carbocycles. The van der Waals surface area contributed by atoms with Gasteiger partial charge in [0.25, 0.3) is 5.91 Å². The third-order valence-corrected chi connectivity index (χ3v) is 3.17. The third kappa shape index (κ3) is 7.24. The summed E-state index contributed by atoms with van der Waals surface area (Å²) in [5, 5.41) is 17.2. The summed E-state index contributed by atoms with van der Waals surface area (Å²) in [5.74, 6) is -1.04. The summed E-state index contributed by atoms with van der Waals surface area (Å²) in [4.78, 5) is 25.0. The summed E-state index contributed by atoms with van der Waals surface area (Å²) < 4.78 is 4.91. The van der Waals surface area contributed by atoms with E-state index >= 15 is 0 Å². The lowest BCUT2D eigenvalue weighted by atomic mass is 10.1. The van der Waals surface area contributed by atoms with Gasteiger partial charge in [-0.1, -0.05) is 29.8 Å². The summed E-state index contributed by atoms with van der Waals surface area (Å²) in [6.07, 6.45) is 3.19. The maximum absolute atomic E-state index is 12.0. The molecular weight excluding hydrogens is 306 g/mol. The number of amides is 1. The van der Waals surface area contributed by atoms with E-state index in [1.807, 2.05) is 43.3 Å². The van der Waals surface area contributed by atoms with Crippen LogP contribution in [0.5, 0.6) is 0 Å². The topological polar surface area (TPSA) is 94.2 Å². The number of hydrogen-bond acceptors (Lipinski definition) is 5. The fraction of sp³-hybridized carbons (Fsp3) is 0.333. The van der Waals surface area contributed by atoms with Gasteiger partial charge in [-0.3, -0.25) is 4.79 Å². The Morgan fingerprint density at radius 1 is 1.12 bits per heavy atom. The van der Waals surface area contributed by atoms with E-state index in [9.17, 15) is 9.59 Å². The SMILES string of the molecule is Cc1ccc(/C=C/C(=O)OCC(=O)N(CCC#N)CCC#N)cc1. The van der Waals surface area contributed by atoms with Crippen LogP contribution in [0.25, 0.3) is 6.08 Å². The number of benzene rings is 1. The van der Waals surface area contributed by atoms with Crippen molar-refractivity contribution in [1.82, 2.24) is 4.90 Å². The highest BCUT2D eigenvalue weighted by molar-refractivity contribution is 5.89. The molecule has 1 rings (SSSR count). The maximum Gasteiger partial charge on any atom is 0.331 e. The Labute approximate surface area is 141 Å². The first-order valence-electron chi connectivity index (χ1n) is 7.50. The predicted molar refractivity (Wildman–Crippen MR) is 88.2 cm³/mol. The molecule has 0 fully saturated rings. The van der Waals surface area contributed by atoms with Gasteiger partial charge in [-0.25, -0.2) is 4.79 Å². The molecule has 0 bridgehead atoms. The van der Waals surface area contributed by atoms with Crippen LogP contribution in [0.2, 0.25) is 0 Å². The second-order valence-electron chi connectivity index (χ2n) is 5.05. The summed E-state index contributed by atoms with van der Waals surface area (Å²) in [6.45, 7) is 1.99. The first-order chi connectivity index (χ1) is 11.6. The van der Waals surface area contributed by atoms with Crippen molar-refractivity contribution >= 4 is 18.0 Å². The zero-order valence-corrected chi connectivity index (χ0v) is 13.6. The molecular formula is C18H19N3O3. The van der Waals surface area contributed by atoms with Crippen molar-refractivity contribution in [3.8, 4) is 12.1 Å². The van der Waals surface area contributed by atoms with Gasteiger partial charge >= 0.3 is 5.97 Å². The van der Waals surface area contributed by atoms with Crippen LogP contribution >= 0.6 is 0 Å². The molecule has 24 heavy (non-hydrogen) atoms. The number of ether oxygens (including phenoxy) is 1. The largest absolute Gasteiger partial charge is 0.452 e. The highest BCUT2D eigenvalue weighted by atomic mass is 16.5. The highest BCUT2D eigenvalue weighted by Gasteiger charge is 2.14. The van der Waals surface area contributed by atoms with E-state index in [1.165, 1.54) is 11.0 Å². The monoisotopic (exact) mass is 325 g/mol. The molecule has 0 radical (unpaired) electrons. The molecule has 1 aromatic rings. The number of nitriles is 2. The molecule has 6 nitrogen and oxygen atoms in total. The standard InChI is InChI=1S/C18H19N3O3/c1-15-4-6-16(7-5-15)8-9-18(23)24-14-17(22)21(12-2-10-19)13-3-11-20/h4-9H,2-3,12-14H2,1H3/b9-8+. The molecule has 0 aliphatic carbocycles. The van der Waals surface area contributed by atoms with Crippen molar-refractivity contribution in [1.29, 1.82) is 10.5 Å². The molecule has 124 valence electrons. The average Bonchev–Trinajstić information content (AvgIpc) is 2.59. The van der Waals surface area contributed by atoms with E-state index in [-0.39, 0.29) is 25.9 Å². The van der Waals surface area contributed by atoms with Gasteiger partial charge in [0.1, 0.15) is 0 Å². The van der Waals surface area contributed by atoms with Crippen molar-refractivity contribution in [2.24, 2.45) is 0 Å². The predicted octanol–water partition coefficient (Wildman–Crippen LogP) is 2.21. The fourth-order valence-electron chi connectivity index (χ4n) is 1.85. The number of carbonyl (C=O) groups excluding carboxylic acids is 2. The van der Waals surface area contributed by atoms with Crippen LogP contribution in [0.15, 0.2) is 30.3 Å². The second-order valence-corrected chi connectivity index (χ2v) is 5.05. The first kappa shape index (κ1) is 18.9. The van der Waals surface area contributed by atoms with Crippen molar-refractivity contribution in [2.45, 2.75) is 19.8 Å². The Morgan fingerprint density at radius 2 is 1.71 bits per heavy atom. The summed E-state index contributed by atoms with van der Waals surface area (Å²) in [6, 6.07) is 11.5. The second kappa shape index (κ2) is 10.6. The molecule has 0 heterocycles. The van der Waals surface area contributed by atoms with E-state index in [4.69, 9.17) is 15.3 Å². The molecule has 0 aliphatic rings. The van der Waals surface area contributed by atoms with Crippen LogP contribution in [0.4, 0.5) is 0 Å². The van der Waals surface area contributed by atoms with Gasteiger partial charge in [-0.2, -0.15) is 10.5 Å². The van der Waals surface area contributed by atoms with E-state index in [0.29, 0.717) is 0 Å². The highest BCUT2D eigenvalue weighted by Crippen LogP contribution is 2.05. The van der Waals surface area contributed by atoms with Crippen molar-refractivity contribution in [3.63, 3.8) is 0 Å². The van der Waals surface area contributed by atoms with E-state index < -0.39 is 18.5 Å². The fourth-order valence-corrected chi connectivity index (χ4v) is 1.85. The Hall–Kier alpha value is -3.12. The van der Waals surface area contributed by atoms with E-state index in [1.54, 1.807) is 6.08 Å². The number of rotatable bonds is 8. The smallest absolute Gasteiger partial charge is 0.331 e. The lowest BCUT2D eigenvalue weighted by Gasteiger charge is -2.19. The Bertz CT molecular complexity index is 648. The van der Waals surface area contributed by atoms with Crippen LogP contribution in [-0.2, 0) is 14.3 Å². The zero-order valence-electron chi connectivity index (χ0n) is 13.6. The molecule has 0 unspecified atom stereocenters. The molecule has 0 atom stereocenters. The number of esters is 1. The van der Waals surface area contributed by atoms with Crippen LogP contribution < -0.4 is 0 Å². The first-order valence-corrected chi connectivity index (χ1v) is 7.50. The van der Waals surface area contributed by atoms with Gasteiger partial charge in [0.15, 0.2) is 6.61 Å². The van der Waals surface area contributed by atoms with Gasteiger partial charge in [0.2, 0.25) is 0 Å². The number of nitrogens with zero attached hydrogens (tertiary/aromatic N) is 3. The lowest BCUT2D eigenvalue weighted by Crippen LogP contribution is -2.36. The summed E-state index contributed by atoms with van der Waals surface area (Å²) in [7, 11) is 0. The Morgan fingerprint density at radius 3 is 2.25 bits per heavy atom. The Kier molecular flexibility index (Phi) is 8.34. The number of hydrogen-bond donors (Lipinski definition) is 0. The number of aryl methyl sites for hydroxylation is 1. The molecule has 0 aromatic heterocycles. The van der Waals surface area contributed by atoms with Crippen LogP contribution in [0.3, 0.4) is 0 Å². The van der Waals surface area contributed by atoms with Crippen LogP contribution in [0.1, 0.15) is 24.0 Å². The minimum atomic E-state index is -0.621. The average molecular weight is 325 g/mol. The molecule has 0 saturated carbocycles. The minimum Gasteiger partial charge on any atom is -0.452 e. The zero-order chi connectivity index (χ0) is 17.8. The molecule has 0 aliphatic heterocycles. The van der Waals surface area contributed by atoms with Gasteiger partial charge < -0.3 is 9.64 Å². The molecule has 0 saturated heterocycles. The maximum atomic E-state index is 12.0. The van der Waals surface area contributed by atoms with E-state index in [0.717, 1.165) is 11.1 Å². The van der Waals surface area contributed by atoms with Gasteiger partial charge in [0, 0.05) is 19.2 Å². The Balaban J connectivity index is 2.48. The van der Waals surface area contributed by atoms with E-state index in [2.05, 4.69) is 0 Å². The van der Waals surface area contributed by atoms with Gasteiger partial charge in [-0.05, 0) is 18.6 Å². The summed E-state index contributed by atoms with van der Waals surface area (Å²) >= 11 is 0. The molecule has 6 heteroatoms. The number of carbonyl (C=O) groups is 2. The van der Waals surface area contributed by atoms with Crippen molar-refractivity contribution in [3.05, 3.63) is 41.5 Å². The van der Waals surface area contributed by atoms with Crippen LogP contribution in [-0.4, -0.2) is 36.5 Å². The normalized spacial score (nSPS) is 9.96. The quantitative estimate of drug-likeness (QED) is 0.539. The molecule has 0 spiro atoms. The van der Waals surface area contributed by atoms with Gasteiger partial charge in [-0.15, -0.1) is 0 Å². The van der Waals surface area contributed by atoms with Crippen molar-refractivity contribution in [2.75, 3.05) is 19.7 Å². The molecule has 0 N–H and O–H groups in total. The minimum absolute atomic E-state index is 0.165.